The zero-order valence-electron chi connectivity index (χ0n) is 16.3. The monoisotopic (exact) mass is 428 g/mol. The number of aromatic amines is 1. The molecule has 3 N–H and O–H groups in total. The number of benzene rings is 2. The van der Waals surface area contributed by atoms with Crippen LogP contribution in [0, 0.1) is 0 Å². The van der Waals surface area contributed by atoms with Crippen molar-refractivity contribution in [3.63, 3.8) is 0 Å². The van der Waals surface area contributed by atoms with Crippen LogP contribution >= 0.6 is 0 Å². The second-order valence-corrected chi connectivity index (χ2v) is 8.84. The minimum absolute atomic E-state index is 0.0232. The summed E-state index contributed by atoms with van der Waals surface area (Å²) in [5.74, 6) is -1.28. The number of hydrogen-bond acceptors (Lipinski definition) is 4. The first-order valence-electron chi connectivity index (χ1n) is 9.14. The Morgan fingerprint density at radius 2 is 1.83 bits per heavy atom. The Morgan fingerprint density at radius 3 is 2.57 bits per heavy atom. The number of carboxylic acid groups (broad SMARTS) is 1. The number of carboxylic acids is 1. The Kier molecular flexibility index (Phi) is 4.75. The molecule has 9 nitrogen and oxygen atoms in total. The second kappa shape index (κ2) is 7.15. The summed E-state index contributed by atoms with van der Waals surface area (Å²) >= 11 is 0. The summed E-state index contributed by atoms with van der Waals surface area (Å²) in [5.41, 5.74) is 2.27. The van der Waals surface area contributed by atoms with Gasteiger partial charge in [-0.15, -0.1) is 0 Å². The topological polar surface area (TPSA) is 126 Å². The number of sulfonamides is 1. The van der Waals surface area contributed by atoms with Gasteiger partial charge in [0.25, 0.3) is 0 Å². The van der Waals surface area contributed by atoms with E-state index in [-0.39, 0.29) is 17.0 Å². The Bertz CT molecular complexity index is 1450. The molecule has 0 fully saturated rings. The molecule has 4 rings (SSSR count). The molecule has 10 heteroatoms. The summed E-state index contributed by atoms with van der Waals surface area (Å²) in [6, 6.07) is 10.3. The molecular weight excluding hydrogens is 408 g/mol. The third kappa shape index (κ3) is 3.29. The summed E-state index contributed by atoms with van der Waals surface area (Å²) in [5, 5.41) is 10.5. The van der Waals surface area contributed by atoms with E-state index < -0.39 is 22.0 Å². The van der Waals surface area contributed by atoms with Crippen molar-refractivity contribution in [3.05, 3.63) is 64.7 Å². The number of imidazole rings is 1. The highest BCUT2D eigenvalue weighted by Crippen LogP contribution is 2.21. The summed E-state index contributed by atoms with van der Waals surface area (Å²) in [7, 11) is -0.995. The first-order chi connectivity index (χ1) is 14.2. The van der Waals surface area contributed by atoms with Gasteiger partial charge in [-0.25, -0.2) is 13.2 Å². The van der Waals surface area contributed by atoms with Crippen LogP contribution in [-0.4, -0.2) is 39.7 Å². The van der Waals surface area contributed by atoms with E-state index >= 15 is 0 Å². The molecule has 2 aromatic heterocycles. The van der Waals surface area contributed by atoms with Gasteiger partial charge >= 0.3 is 11.7 Å². The van der Waals surface area contributed by atoms with Gasteiger partial charge in [-0.2, -0.15) is 4.72 Å². The summed E-state index contributed by atoms with van der Waals surface area (Å²) in [4.78, 5) is 26.8. The molecule has 4 aromatic rings. The van der Waals surface area contributed by atoms with E-state index in [9.17, 15) is 23.1 Å². The van der Waals surface area contributed by atoms with Crippen LogP contribution in [0.15, 0.2) is 58.4 Å². The number of nitrogens with one attached hydrogen (secondary N) is 2. The quantitative estimate of drug-likeness (QED) is 0.427. The van der Waals surface area contributed by atoms with Crippen LogP contribution in [-0.2, 0) is 35.3 Å². The minimum Gasteiger partial charge on any atom is -0.480 e. The molecular formula is C20H20N4O5S. The summed E-state index contributed by atoms with van der Waals surface area (Å²) < 4.78 is 30.9. The predicted molar refractivity (Wildman–Crippen MR) is 112 cm³/mol. The van der Waals surface area contributed by atoms with E-state index in [1.54, 1.807) is 20.3 Å². The fourth-order valence-corrected chi connectivity index (χ4v) is 4.82. The zero-order chi connectivity index (χ0) is 21.6. The largest absolute Gasteiger partial charge is 0.480 e. The zero-order valence-corrected chi connectivity index (χ0v) is 17.1. The maximum Gasteiger partial charge on any atom is 0.328 e. The lowest BCUT2D eigenvalue weighted by molar-refractivity contribution is -0.138. The Balaban J connectivity index is 1.67. The molecule has 0 saturated heterocycles. The normalized spacial score (nSPS) is 13.1. The lowest BCUT2D eigenvalue weighted by Crippen LogP contribution is -2.42. The fraction of sp³-hybridized carbons (Fsp3) is 0.200. The highest BCUT2D eigenvalue weighted by Gasteiger charge is 2.27. The molecule has 1 atom stereocenters. The Labute approximate surface area is 171 Å². The van der Waals surface area contributed by atoms with Crippen molar-refractivity contribution in [2.75, 3.05) is 0 Å². The third-order valence-electron chi connectivity index (χ3n) is 5.25. The maximum absolute atomic E-state index is 12.9. The van der Waals surface area contributed by atoms with Gasteiger partial charge in [0.15, 0.2) is 0 Å². The van der Waals surface area contributed by atoms with Gasteiger partial charge in [-0.3, -0.25) is 13.9 Å². The second-order valence-electron chi connectivity index (χ2n) is 7.13. The average Bonchev–Trinajstić information content (AvgIpc) is 3.22. The van der Waals surface area contributed by atoms with Crippen LogP contribution in [0.25, 0.3) is 21.9 Å². The smallest absolute Gasteiger partial charge is 0.328 e. The van der Waals surface area contributed by atoms with Gasteiger partial charge in [0.2, 0.25) is 10.0 Å². The number of H-pyrrole nitrogens is 1. The van der Waals surface area contributed by atoms with Crippen LogP contribution in [0.5, 0.6) is 0 Å². The van der Waals surface area contributed by atoms with Crippen molar-refractivity contribution < 1.29 is 18.3 Å². The fourth-order valence-electron chi connectivity index (χ4n) is 3.61. The molecule has 156 valence electrons. The van der Waals surface area contributed by atoms with Crippen LogP contribution < -0.4 is 10.4 Å². The number of hydrogen-bond donors (Lipinski definition) is 3. The molecule has 0 saturated carbocycles. The highest BCUT2D eigenvalue weighted by atomic mass is 32.2. The van der Waals surface area contributed by atoms with Gasteiger partial charge in [-0.1, -0.05) is 18.2 Å². The van der Waals surface area contributed by atoms with Crippen molar-refractivity contribution in [1.82, 2.24) is 18.8 Å². The Morgan fingerprint density at radius 1 is 1.13 bits per heavy atom. The molecule has 0 aliphatic rings. The number of nitrogens with zero attached hydrogens (tertiary/aromatic N) is 2. The van der Waals surface area contributed by atoms with Crippen LogP contribution in [0.1, 0.15) is 5.56 Å². The molecule has 0 radical (unpaired) electrons. The van der Waals surface area contributed by atoms with Gasteiger partial charge in [0.05, 0.1) is 15.9 Å². The average molecular weight is 428 g/mol. The highest BCUT2D eigenvalue weighted by molar-refractivity contribution is 7.89. The number of aryl methyl sites for hydroxylation is 2. The molecule has 0 aliphatic carbocycles. The van der Waals surface area contributed by atoms with E-state index in [1.165, 1.54) is 27.3 Å². The van der Waals surface area contributed by atoms with Crippen molar-refractivity contribution in [3.8, 4) is 0 Å². The molecule has 0 bridgehead atoms. The number of rotatable bonds is 6. The maximum atomic E-state index is 12.9. The van der Waals surface area contributed by atoms with Crippen molar-refractivity contribution in [2.24, 2.45) is 14.1 Å². The number of carbonyl (C=O) groups is 1. The lowest BCUT2D eigenvalue weighted by atomic mass is 10.1. The number of fused-ring (bicyclic) bond motifs is 2. The molecule has 30 heavy (non-hydrogen) atoms. The third-order valence-corrected chi connectivity index (χ3v) is 6.72. The van der Waals surface area contributed by atoms with E-state index in [4.69, 9.17) is 0 Å². The van der Waals surface area contributed by atoms with Crippen molar-refractivity contribution in [1.29, 1.82) is 0 Å². The van der Waals surface area contributed by atoms with E-state index in [0.29, 0.717) is 16.6 Å². The standard InChI is InChI=1S/C20H20N4O5S/c1-23-17-8-7-13(10-18(17)24(2)20(23)27)30(28,29)22-16(19(25)26)9-12-11-21-15-6-4-3-5-14(12)15/h3-8,10-11,16,21-22H,9H2,1-2H3,(H,25,26)/t16-/m1/s1. The first kappa shape index (κ1) is 19.9. The number of aromatic nitrogens is 3. The SMILES string of the molecule is Cn1c(=O)n(C)c2cc(S(=O)(=O)N[C@H](Cc3c[nH]c4ccccc34)C(=O)O)ccc21. The number of para-hydroxylation sites is 1. The van der Waals surface area contributed by atoms with E-state index in [0.717, 1.165) is 10.9 Å². The molecule has 0 amide bonds. The van der Waals surface area contributed by atoms with Crippen LogP contribution in [0.2, 0.25) is 0 Å². The summed E-state index contributed by atoms with van der Waals surface area (Å²) in [6.07, 6.45) is 1.66. The van der Waals surface area contributed by atoms with Gasteiger partial charge in [0, 0.05) is 37.6 Å². The molecule has 0 aliphatic heterocycles. The summed E-state index contributed by atoms with van der Waals surface area (Å²) in [6.45, 7) is 0. The Hall–Kier alpha value is -3.37. The molecule has 0 spiro atoms. The lowest BCUT2D eigenvalue weighted by Gasteiger charge is -2.15. The number of aliphatic carboxylic acids is 1. The molecule has 2 aromatic carbocycles. The van der Waals surface area contributed by atoms with Crippen LogP contribution in [0.3, 0.4) is 0 Å². The van der Waals surface area contributed by atoms with E-state index in [1.807, 2.05) is 24.3 Å². The van der Waals surface area contributed by atoms with Crippen LogP contribution in [0.4, 0.5) is 0 Å². The molecule has 2 heterocycles. The minimum atomic E-state index is -4.14. The van der Waals surface area contributed by atoms with E-state index in [2.05, 4.69) is 9.71 Å². The molecule has 0 unspecified atom stereocenters. The predicted octanol–water partition coefficient (Wildman–Crippen LogP) is 1.33. The first-order valence-corrected chi connectivity index (χ1v) is 10.6. The van der Waals surface area contributed by atoms with Gasteiger partial charge in [-0.05, 0) is 29.8 Å². The van der Waals surface area contributed by atoms with Crippen molar-refractivity contribution in [2.45, 2.75) is 17.4 Å². The van der Waals surface area contributed by atoms with Gasteiger partial charge in [0.1, 0.15) is 6.04 Å². The van der Waals surface area contributed by atoms with Crippen molar-refractivity contribution >= 4 is 37.9 Å². The van der Waals surface area contributed by atoms with Gasteiger partial charge < -0.3 is 10.1 Å².